The standard InChI is InChI=1S/C20H16N2O2/c1-14(23)15-7-10-18(11-8-15)22-20(24)19-12-9-17(13-21-19)16-5-3-2-4-6-16/h2-13H,1H3,(H,22,24). The van der Waals surface area contributed by atoms with Gasteiger partial charge < -0.3 is 5.32 Å². The molecule has 2 aromatic carbocycles. The fraction of sp³-hybridized carbons (Fsp3) is 0.0500. The number of carbonyl (C=O) groups is 2. The summed E-state index contributed by atoms with van der Waals surface area (Å²) in [6.07, 6.45) is 1.68. The van der Waals surface area contributed by atoms with E-state index in [1.807, 2.05) is 36.4 Å². The molecule has 0 unspecified atom stereocenters. The number of hydrogen-bond donors (Lipinski definition) is 1. The molecule has 3 aromatic rings. The third-order valence-electron chi connectivity index (χ3n) is 3.65. The lowest BCUT2D eigenvalue weighted by molar-refractivity contribution is 0.101. The van der Waals surface area contributed by atoms with Crippen molar-refractivity contribution in [1.29, 1.82) is 0 Å². The zero-order valence-corrected chi connectivity index (χ0v) is 13.2. The molecule has 1 heterocycles. The Morgan fingerprint density at radius 1 is 0.833 bits per heavy atom. The first-order valence-electron chi connectivity index (χ1n) is 7.57. The first-order chi connectivity index (χ1) is 11.6. The number of anilines is 1. The van der Waals surface area contributed by atoms with Gasteiger partial charge in [0.05, 0.1) is 0 Å². The predicted octanol–water partition coefficient (Wildman–Crippen LogP) is 4.20. The number of amides is 1. The molecule has 0 fully saturated rings. The monoisotopic (exact) mass is 316 g/mol. The molecular weight excluding hydrogens is 300 g/mol. The summed E-state index contributed by atoms with van der Waals surface area (Å²) in [5.41, 5.74) is 3.58. The molecule has 0 aliphatic rings. The number of rotatable bonds is 4. The first-order valence-corrected chi connectivity index (χ1v) is 7.57. The highest BCUT2D eigenvalue weighted by molar-refractivity contribution is 6.03. The summed E-state index contributed by atoms with van der Waals surface area (Å²) in [4.78, 5) is 27.7. The van der Waals surface area contributed by atoms with E-state index in [0.29, 0.717) is 16.9 Å². The van der Waals surface area contributed by atoms with Crippen LogP contribution in [-0.2, 0) is 0 Å². The van der Waals surface area contributed by atoms with E-state index in [9.17, 15) is 9.59 Å². The summed E-state index contributed by atoms with van der Waals surface area (Å²) in [7, 11) is 0. The number of ketones is 1. The largest absolute Gasteiger partial charge is 0.321 e. The Balaban J connectivity index is 1.72. The number of carbonyl (C=O) groups excluding carboxylic acids is 2. The summed E-state index contributed by atoms with van der Waals surface area (Å²) in [5.74, 6) is -0.295. The Kier molecular flexibility index (Phi) is 4.47. The van der Waals surface area contributed by atoms with Crippen LogP contribution in [0.25, 0.3) is 11.1 Å². The number of aromatic nitrogens is 1. The minimum Gasteiger partial charge on any atom is -0.321 e. The maximum atomic E-state index is 12.2. The highest BCUT2D eigenvalue weighted by Gasteiger charge is 2.08. The first kappa shape index (κ1) is 15.6. The van der Waals surface area contributed by atoms with Crippen molar-refractivity contribution >= 4 is 17.4 Å². The van der Waals surface area contributed by atoms with Crippen LogP contribution in [-0.4, -0.2) is 16.7 Å². The number of nitrogens with zero attached hydrogens (tertiary/aromatic N) is 1. The minimum absolute atomic E-state index is 0.00829. The summed E-state index contributed by atoms with van der Waals surface area (Å²) in [6.45, 7) is 1.51. The minimum atomic E-state index is -0.287. The molecule has 0 bridgehead atoms. The van der Waals surface area contributed by atoms with Gasteiger partial charge in [0.25, 0.3) is 5.91 Å². The van der Waals surface area contributed by atoms with E-state index >= 15 is 0 Å². The molecule has 4 heteroatoms. The molecule has 4 nitrogen and oxygen atoms in total. The molecule has 0 saturated heterocycles. The van der Waals surface area contributed by atoms with E-state index in [-0.39, 0.29) is 11.7 Å². The lowest BCUT2D eigenvalue weighted by Crippen LogP contribution is -2.13. The van der Waals surface area contributed by atoms with Crippen LogP contribution in [0.2, 0.25) is 0 Å². The fourth-order valence-electron chi connectivity index (χ4n) is 2.31. The maximum Gasteiger partial charge on any atom is 0.274 e. The van der Waals surface area contributed by atoms with Gasteiger partial charge in [-0.2, -0.15) is 0 Å². The van der Waals surface area contributed by atoms with E-state index < -0.39 is 0 Å². The highest BCUT2D eigenvalue weighted by atomic mass is 16.2. The van der Waals surface area contributed by atoms with Crippen molar-refractivity contribution in [2.24, 2.45) is 0 Å². The lowest BCUT2D eigenvalue weighted by Gasteiger charge is -2.06. The molecular formula is C20H16N2O2. The molecule has 24 heavy (non-hydrogen) atoms. The Morgan fingerprint density at radius 3 is 2.12 bits per heavy atom. The smallest absolute Gasteiger partial charge is 0.274 e. The van der Waals surface area contributed by atoms with Crippen LogP contribution in [0.15, 0.2) is 72.9 Å². The van der Waals surface area contributed by atoms with Crippen molar-refractivity contribution in [2.75, 3.05) is 5.32 Å². The van der Waals surface area contributed by atoms with E-state index in [0.717, 1.165) is 11.1 Å². The molecule has 0 radical (unpaired) electrons. The fourth-order valence-corrected chi connectivity index (χ4v) is 2.31. The summed E-state index contributed by atoms with van der Waals surface area (Å²) in [5, 5.41) is 2.77. The molecule has 0 atom stereocenters. The van der Waals surface area contributed by atoms with Crippen LogP contribution in [0.4, 0.5) is 5.69 Å². The molecule has 0 saturated carbocycles. The Hall–Kier alpha value is -3.27. The topological polar surface area (TPSA) is 59.1 Å². The molecule has 1 aromatic heterocycles. The average molecular weight is 316 g/mol. The van der Waals surface area contributed by atoms with Gasteiger partial charge >= 0.3 is 0 Å². The van der Waals surface area contributed by atoms with Gasteiger partial charge in [-0.15, -0.1) is 0 Å². The normalized spacial score (nSPS) is 10.2. The van der Waals surface area contributed by atoms with Crippen molar-refractivity contribution in [3.05, 3.63) is 84.2 Å². The van der Waals surface area contributed by atoms with Gasteiger partial charge in [0, 0.05) is 23.0 Å². The zero-order valence-electron chi connectivity index (χ0n) is 13.2. The predicted molar refractivity (Wildman–Crippen MR) is 94.1 cm³/mol. The van der Waals surface area contributed by atoms with Gasteiger partial charge in [-0.25, -0.2) is 0 Å². The zero-order chi connectivity index (χ0) is 16.9. The third kappa shape index (κ3) is 3.55. The number of nitrogens with one attached hydrogen (secondary N) is 1. The molecule has 1 N–H and O–H groups in total. The van der Waals surface area contributed by atoms with E-state index in [4.69, 9.17) is 0 Å². The van der Waals surface area contributed by atoms with Crippen LogP contribution in [0.1, 0.15) is 27.8 Å². The molecule has 0 aliphatic carbocycles. The number of hydrogen-bond acceptors (Lipinski definition) is 3. The molecule has 0 spiro atoms. The van der Waals surface area contributed by atoms with Crippen molar-refractivity contribution < 1.29 is 9.59 Å². The highest BCUT2D eigenvalue weighted by Crippen LogP contribution is 2.18. The SMILES string of the molecule is CC(=O)c1ccc(NC(=O)c2ccc(-c3ccccc3)cn2)cc1. The molecule has 0 aliphatic heterocycles. The lowest BCUT2D eigenvalue weighted by atomic mass is 10.1. The van der Waals surface area contributed by atoms with Gasteiger partial charge in [-0.05, 0) is 42.8 Å². The van der Waals surface area contributed by atoms with Crippen LogP contribution in [0.5, 0.6) is 0 Å². The third-order valence-corrected chi connectivity index (χ3v) is 3.65. The van der Waals surface area contributed by atoms with Gasteiger partial charge in [0.1, 0.15) is 5.69 Å². The van der Waals surface area contributed by atoms with Gasteiger partial charge in [-0.3, -0.25) is 14.6 Å². The van der Waals surface area contributed by atoms with E-state index in [1.54, 1.807) is 36.5 Å². The molecule has 3 rings (SSSR count). The average Bonchev–Trinajstić information content (AvgIpc) is 2.63. The quantitative estimate of drug-likeness (QED) is 0.734. The maximum absolute atomic E-state index is 12.2. The van der Waals surface area contributed by atoms with Crippen molar-refractivity contribution in [3.8, 4) is 11.1 Å². The second kappa shape index (κ2) is 6.87. The Morgan fingerprint density at radius 2 is 1.54 bits per heavy atom. The Labute approximate surface area is 140 Å². The van der Waals surface area contributed by atoms with Crippen molar-refractivity contribution in [3.63, 3.8) is 0 Å². The Bertz CT molecular complexity index is 854. The molecule has 118 valence electrons. The number of benzene rings is 2. The van der Waals surface area contributed by atoms with Crippen LogP contribution in [0.3, 0.4) is 0 Å². The second-order valence-electron chi connectivity index (χ2n) is 5.39. The summed E-state index contributed by atoms with van der Waals surface area (Å²) >= 11 is 0. The van der Waals surface area contributed by atoms with Gasteiger partial charge in [0.2, 0.25) is 0 Å². The van der Waals surface area contributed by atoms with Gasteiger partial charge in [0.15, 0.2) is 5.78 Å². The number of pyridine rings is 1. The number of Topliss-reactive ketones (excluding diaryl/α,β-unsaturated/α-hetero) is 1. The van der Waals surface area contributed by atoms with Crippen LogP contribution >= 0.6 is 0 Å². The van der Waals surface area contributed by atoms with E-state index in [2.05, 4.69) is 10.3 Å². The van der Waals surface area contributed by atoms with Crippen molar-refractivity contribution in [1.82, 2.24) is 4.98 Å². The van der Waals surface area contributed by atoms with Crippen LogP contribution < -0.4 is 5.32 Å². The van der Waals surface area contributed by atoms with E-state index in [1.165, 1.54) is 6.92 Å². The van der Waals surface area contributed by atoms with Gasteiger partial charge in [-0.1, -0.05) is 36.4 Å². The summed E-state index contributed by atoms with van der Waals surface area (Å²) < 4.78 is 0. The van der Waals surface area contributed by atoms with Crippen LogP contribution in [0, 0.1) is 0 Å². The second-order valence-corrected chi connectivity index (χ2v) is 5.39. The molecule has 1 amide bonds. The summed E-state index contributed by atoms with van der Waals surface area (Å²) in [6, 6.07) is 20.2. The van der Waals surface area contributed by atoms with Crippen molar-refractivity contribution in [2.45, 2.75) is 6.92 Å².